The van der Waals surface area contributed by atoms with E-state index in [9.17, 15) is 0 Å². The number of anilines is 4. The molecule has 2 nitrogen and oxygen atoms in total. The monoisotopic (exact) mass is 628 g/mol. The van der Waals surface area contributed by atoms with Gasteiger partial charge in [0.05, 0.1) is 0 Å². The van der Waals surface area contributed by atoms with Crippen LogP contribution >= 0.6 is 0 Å². The molecule has 234 valence electrons. The van der Waals surface area contributed by atoms with Crippen LogP contribution in [-0.2, 0) is 0 Å². The summed E-state index contributed by atoms with van der Waals surface area (Å²) in [5.41, 5.74) is 7.22. The van der Waals surface area contributed by atoms with E-state index < -0.39 is 0 Å². The molecule has 0 saturated carbocycles. The lowest BCUT2D eigenvalue weighted by atomic mass is 9.91. The highest BCUT2D eigenvalue weighted by Crippen LogP contribution is 2.38. The topological polar surface area (TPSA) is 6.48 Å². The summed E-state index contributed by atoms with van der Waals surface area (Å²) in [5.74, 6) is 0.326. The van der Waals surface area contributed by atoms with Gasteiger partial charge in [-0.2, -0.15) is 0 Å². The summed E-state index contributed by atoms with van der Waals surface area (Å²) < 4.78 is 0. The lowest BCUT2D eigenvalue weighted by molar-refractivity contribution is 0.840. The minimum absolute atomic E-state index is 0.326. The Morgan fingerprint density at radius 1 is 0.429 bits per heavy atom. The summed E-state index contributed by atoms with van der Waals surface area (Å²) in [6, 6.07) is 59.7. The highest BCUT2D eigenvalue weighted by atomic mass is 15.1. The van der Waals surface area contributed by atoms with Crippen LogP contribution in [0, 0.1) is 0 Å². The first-order chi connectivity index (χ1) is 24.2. The van der Waals surface area contributed by atoms with Gasteiger partial charge in [-0.25, -0.2) is 0 Å². The Balaban J connectivity index is 0.981. The molecule has 0 saturated heterocycles. The van der Waals surface area contributed by atoms with Gasteiger partial charge in [-0.3, -0.25) is 0 Å². The van der Waals surface area contributed by atoms with Crippen LogP contribution in [0.25, 0.3) is 43.1 Å². The van der Waals surface area contributed by atoms with E-state index in [4.69, 9.17) is 0 Å². The second kappa shape index (κ2) is 12.2. The number of hydrogen-bond acceptors (Lipinski definition) is 2. The largest absolute Gasteiger partial charge is 0.345 e. The van der Waals surface area contributed by atoms with Crippen molar-refractivity contribution in [1.29, 1.82) is 0 Å². The van der Waals surface area contributed by atoms with E-state index in [0.717, 1.165) is 17.8 Å². The maximum atomic E-state index is 2.40. The molecule has 0 fully saturated rings. The Morgan fingerprint density at radius 3 is 1.45 bits per heavy atom. The minimum Gasteiger partial charge on any atom is -0.345 e. The van der Waals surface area contributed by atoms with Gasteiger partial charge in [-0.15, -0.1) is 0 Å². The molecule has 1 atom stereocenters. The van der Waals surface area contributed by atoms with Gasteiger partial charge in [0.2, 0.25) is 0 Å². The molecule has 2 heteroatoms. The lowest BCUT2D eigenvalue weighted by Crippen LogP contribution is -2.17. The second-order valence-corrected chi connectivity index (χ2v) is 13.1. The average Bonchev–Trinajstić information content (AvgIpc) is 3.17. The van der Waals surface area contributed by atoms with E-state index in [1.165, 1.54) is 65.7 Å². The zero-order valence-electron chi connectivity index (χ0n) is 27.5. The number of fused-ring (bicyclic) bond motifs is 4. The molecule has 9 rings (SSSR count). The van der Waals surface area contributed by atoms with Crippen molar-refractivity contribution in [2.45, 2.75) is 12.3 Å². The van der Waals surface area contributed by atoms with Gasteiger partial charge in [0, 0.05) is 41.4 Å². The third-order valence-corrected chi connectivity index (χ3v) is 10.1. The number of benzene rings is 8. The summed E-state index contributed by atoms with van der Waals surface area (Å²) >= 11 is 0. The van der Waals surface area contributed by atoms with Crippen LogP contribution in [0.5, 0.6) is 0 Å². The van der Waals surface area contributed by atoms with E-state index in [1.54, 1.807) is 0 Å². The van der Waals surface area contributed by atoms with Crippen LogP contribution in [0.4, 0.5) is 22.7 Å². The van der Waals surface area contributed by atoms with Crippen LogP contribution in [0.2, 0.25) is 0 Å². The highest BCUT2D eigenvalue weighted by molar-refractivity contribution is 5.99. The smallest absolute Gasteiger partial charge is 0.0467 e. The molecular weight excluding hydrogens is 593 g/mol. The Kier molecular flexibility index (Phi) is 7.21. The molecule has 8 aromatic carbocycles. The average molecular weight is 629 g/mol. The van der Waals surface area contributed by atoms with Gasteiger partial charge in [-0.05, 0) is 122 Å². The predicted molar refractivity (Wildman–Crippen MR) is 211 cm³/mol. The normalized spacial score (nSPS) is 14.4. The maximum absolute atomic E-state index is 2.40. The number of rotatable bonds is 6. The Labute approximate surface area is 287 Å². The Morgan fingerprint density at radius 2 is 0.878 bits per heavy atom. The number of allylic oxidation sites excluding steroid dienone is 3. The Bertz CT molecular complexity index is 2480. The van der Waals surface area contributed by atoms with Crippen molar-refractivity contribution in [3.05, 3.63) is 193 Å². The fraction of sp³-hybridized carbons (Fsp3) is 0.0638. The first kappa shape index (κ1) is 29.1. The van der Waals surface area contributed by atoms with Crippen LogP contribution in [0.3, 0.4) is 0 Å². The molecule has 1 unspecified atom stereocenters. The van der Waals surface area contributed by atoms with Crippen LogP contribution in [0.1, 0.15) is 17.9 Å². The van der Waals surface area contributed by atoms with E-state index in [2.05, 4.69) is 199 Å². The molecule has 0 amide bonds. The van der Waals surface area contributed by atoms with Crippen molar-refractivity contribution in [1.82, 2.24) is 0 Å². The lowest BCUT2D eigenvalue weighted by Gasteiger charge is -2.29. The van der Waals surface area contributed by atoms with Crippen molar-refractivity contribution in [3.8, 4) is 0 Å². The Hall–Kier alpha value is -6.12. The summed E-state index contributed by atoms with van der Waals surface area (Å²) in [6.07, 6.45) is 8.01. The fourth-order valence-corrected chi connectivity index (χ4v) is 7.33. The molecular formula is C47H36N2. The third kappa shape index (κ3) is 5.52. The third-order valence-electron chi connectivity index (χ3n) is 10.1. The first-order valence-corrected chi connectivity index (χ1v) is 17.1. The highest BCUT2D eigenvalue weighted by Gasteiger charge is 2.19. The minimum atomic E-state index is 0.326. The van der Waals surface area contributed by atoms with Gasteiger partial charge in [0.25, 0.3) is 0 Å². The van der Waals surface area contributed by atoms with Crippen molar-refractivity contribution in [2.75, 3.05) is 16.8 Å². The first-order valence-electron chi connectivity index (χ1n) is 17.1. The second-order valence-electron chi connectivity index (χ2n) is 13.1. The van der Waals surface area contributed by atoms with E-state index in [1.807, 2.05) is 0 Å². The number of nitrogens with zero attached hydrogens (tertiary/aromatic N) is 2. The molecule has 0 heterocycles. The van der Waals surface area contributed by atoms with Crippen LogP contribution < -0.4 is 9.80 Å². The summed E-state index contributed by atoms with van der Waals surface area (Å²) in [6.45, 7) is 0. The fourth-order valence-electron chi connectivity index (χ4n) is 7.33. The van der Waals surface area contributed by atoms with Gasteiger partial charge in [0.1, 0.15) is 0 Å². The predicted octanol–water partition coefficient (Wildman–Crippen LogP) is 12.8. The van der Waals surface area contributed by atoms with Crippen molar-refractivity contribution in [2.24, 2.45) is 0 Å². The quantitative estimate of drug-likeness (QED) is 0.169. The van der Waals surface area contributed by atoms with Crippen molar-refractivity contribution < 1.29 is 0 Å². The molecule has 1 aliphatic carbocycles. The van der Waals surface area contributed by atoms with E-state index in [0.29, 0.717) is 5.92 Å². The maximum Gasteiger partial charge on any atom is 0.0467 e. The molecule has 8 aromatic rings. The summed E-state index contributed by atoms with van der Waals surface area (Å²) in [5, 5.41) is 10.1. The summed E-state index contributed by atoms with van der Waals surface area (Å²) in [7, 11) is 2.15. The molecule has 0 radical (unpaired) electrons. The summed E-state index contributed by atoms with van der Waals surface area (Å²) in [4.78, 5) is 4.67. The standard InChI is InChI=1S/C47H36N2/c1-48(45-25-20-41-28-37-10-6-7-11-38(37)29-42(41)32-45)43-21-14-35(15-22-43)36-16-23-44(24-17-36)49(46-26-18-33-8-2-4-12-39(33)30-46)47-27-19-34-9-3-5-13-40(34)31-47/h2-16,18-32,36H,17H2,1H3. The molecule has 0 spiro atoms. The number of hydrogen-bond donors (Lipinski definition) is 0. The SMILES string of the molecule is CN(c1ccc(C2C=CC(N(c3ccc4ccccc4c3)c3ccc4ccccc4c3)=CC2)cc1)c1ccc2cc3ccccc3cc2c1. The molecule has 1 aliphatic rings. The molecule has 0 aliphatic heterocycles. The van der Waals surface area contributed by atoms with E-state index in [-0.39, 0.29) is 0 Å². The van der Waals surface area contributed by atoms with Gasteiger partial charge >= 0.3 is 0 Å². The zero-order valence-corrected chi connectivity index (χ0v) is 27.5. The van der Waals surface area contributed by atoms with Gasteiger partial charge in [0.15, 0.2) is 0 Å². The van der Waals surface area contributed by atoms with Crippen molar-refractivity contribution >= 4 is 65.8 Å². The van der Waals surface area contributed by atoms with Gasteiger partial charge in [-0.1, -0.05) is 115 Å². The van der Waals surface area contributed by atoms with Gasteiger partial charge < -0.3 is 9.80 Å². The molecule has 0 aromatic heterocycles. The van der Waals surface area contributed by atoms with E-state index >= 15 is 0 Å². The molecule has 49 heavy (non-hydrogen) atoms. The van der Waals surface area contributed by atoms with Crippen molar-refractivity contribution in [3.63, 3.8) is 0 Å². The van der Waals surface area contributed by atoms with Crippen LogP contribution in [-0.4, -0.2) is 7.05 Å². The molecule has 0 bridgehead atoms. The van der Waals surface area contributed by atoms with Crippen LogP contribution in [0.15, 0.2) is 188 Å². The molecule has 0 N–H and O–H groups in total. The zero-order chi connectivity index (χ0) is 32.7.